The van der Waals surface area contributed by atoms with Crippen LogP contribution in [0.1, 0.15) is 50.6 Å². The van der Waals surface area contributed by atoms with Crippen molar-refractivity contribution in [3.63, 3.8) is 0 Å². The van der Waals surface area contributed by atoms with E-state index >= 15 is 0 Å². The molecule has 3 amide bonds. The zero-order chi connectivity index (χ0) is 26.5. The molecule has 0 unspecified atom stereocenters. The normalized spacial score (nSPS) is 13.8. The number of H-pyrrole nitrogens is 1. The Hall–Kier alpha value is -3.83. The molecule has 0 radical (unpaired) electrons. The third-order valence-electron chi connectivity index (χ3n) is 6.09. The Labute approximate surface area is 216 Å². The van der Waals surface area contributed by atoms with E-state index in [0.29, 0.717) is 30.5 Å². The number of rotatable bonds is 8. The van der Waals surface area contributed by atoms with Gasteiger partial charge < -0.3 is 25.8 Å². The summed E-state index contributed by atoms with van der Waals surface area (Å²) in [5.41, 5.74) is 5.51. The average Bonchev–Trinajstić information content (AvgIpc) is 3.35. The van der Waals surface area contributed by atoms with Gasteiger partial charge in [0.05, 0.1) is 16.9 Å². The van der Waals surface area contributed by atoms with Crippen LogP contribution in [-0.4, -0.2) is 58.8 Å². The first-order chi connectivity index (χ1) is 17.7. The maximum absolute atomic E-state index is 14.1. The lowest BCUT2D eigenvalue weighted by molar-refractivity contribution is 0.0952. The van der Waals surface area contributed by atoms with Gasteiger partial charge in [-0.15, -0.1) is 0 Å². The first-order valence-corrected chi connectivity index (χ1v) is 12.1. The van der Waals surface area contributed by atoms with Gasteiger partial charge >= 0.3 is 0 Å². The minimum absolute atomic E-state index is 0.0232. The molecule has 12 heteroatoms. The summed E-state index contributed by atoms with van der Waals surface area (Å²) in [7, 11) is 0. The van der Waals surface area contributed by atoms with E-state index in [1.165, 1.54) is 29.8 Å². The predicted molar refractivity (Wildman–Crippen MR) is 135 cm³/mol. The van der Waals surface area contributed by atoms with E-state index < -0.39 is 34.9 Å². The smallest absolute Gasteiger partial charge is 0.277 e. The van der Waals surface area contributed by atoms with E-state index in [-0.39, 0.29) is 16.4 Å². The number of anilines is 2. The zero-order valence-corrected chi connectivity index (χ0v) is 20.5. The topological polar surface area (TPSA) is 124 Å². The van der Waals surface area contributed by atoms with Gasteiger partial charge in [-0.2, -0.15) is 0 Å². The van der Waals surface area contributed by atoms with Crippen LogP contribution < -0.4 is 16.0 Å². The fourth-order valence-corrected chi connectivity index (χ4v) is 4.51. The summed E-state index contributed by atoms with van der Waals surface area (Å²) < 4.78 is 27.4. The number of primary amides is 1. The van der Waals surface area contributed by atoms with Crippen molar-refractivity contribution in [3.8, 4) is 0 Å². The lowest BCUT2D eigenvalue weighted by Crippen LogP contribution is -2.41. The number of aromatic amines is 1. The van der Waals surface area contributed by atoms with Crippen LogP contribution in [0.2, 0.25) is 5.02 Å². The van der Waals surface area contributed by atoms with Gasteiger partial charge in [0, 0.05) is 30.5 Å². The molecule has 2 heterocycles. The Kier molecular flexibility index (Phi) is 8.14. The highest BCUT2D eigenvalue weighted by Crippen LogP contribution is 2.25. The number of halogens is 3. The van der Waals surface area contributed by atoms with Crippen LogP contribution in [0, 0.1) is 11.6 Å². The highest BCUT2D eigenvalue weighted by atomic mass is 35.5. The lowest BCUT2D eigenvalue weighted by Gasteiger charge is -2.30. The number of hydrogen-bond donors (Lipinski definition) is 3. The Morgan fingerprint density at radius 3 is 2.46 bits per heavy atom. The number of imidazole rings is 1. The van der Waals surface area contributed by atoms with Crippen LogP contribution in [-0.2, 0) is 0 Å². The number of hydrogen-bond acceptors (Lipinski definition) is 5. The van der Waals surface area contributed by atoms with Crippen LogP contribution in [0.25, 0.3) is 0 Å². The van der Waals surface area contributed by atoms with Crippen molar-refractivity contribution >= 4 is 40.7 Å². The average molecular weight is 531 g/mol. The molecule has 0 saturated carbocycles. The van der Waals surface area contributed by atoms with Gasteiger partial charge in [0.25, 0.3) is 17.7 Å². The fraction of sp³-hybridized carbons (Fsp3) is 0.280. The number of nitrogens with two attached hydrogens (primary N) is 1. The van der Waals surface area contributed by atoms with E-state index in [9.17, 15) is 23.2 Å². The molecule has 9 nitrogen and oxygen atoms in total. The Balaban J connectivity index is 1.55. The molecule has 3 aromatic rings. The summed E-state index contributed by atoms with van der Waals surface area (Å²) in [6.45, 7) is 2.82. The molecule has 0 atom stereocenters. The maximum Gasteiger partial charge on any atom is 0.277 e. The van der Waals surface area contributed by atoms with Crippen LogP contribution in [0.15, 0.2) is 42.7 Å². The molecule has 1 aliphatic heterocycles. The van der Waals surface area contributed by atoms with Crippen LogP contribution in [0.3, 0.4) is 0 Å². The van der Waals surface area contributed by atoms with Gasteiger partial charge in [0.2, 0.25) is 0 Å². The highest BCUT2D eigenvalue weighted by molar-refractivity contribution is 6.34. The number of nitrogens with one attached hydrogen (secondary N) is 2. The van der Waals surface area contributed by atoms with E-state index in [0.717, 1.165) is 32.0 Å². The molecule has 1 aliphatic rings. The number of amides is 3. The van der Waals surface area contributed by atoms with Gasteiger partial charge in [-0.25, -0.2) is 13.8 Å². The van der Waals surface area contributed by atoms with Gasteiger partial charge in [0.15, 0.2) is 5.69 Å². The fourth-order valence-electron chi connectivity index (χ4n) is 4.23. The van der Waals surface area contributed by atoms with Crippen molar-refractivity contribution in [1.82, 2.24) is 14.9 Å². The molecule has 1 aromatic heterocycles. The molecule has 37 heavy (non-hydrogen) atoms. The van der Waals surface area contributed by atoms with Crippen LogP contribution in [0.5, 0.6) is 0 Å². The van der Waals surface area contributed by atoms with Gasteiger partial charge in [0.1, 0.15) is 17.3 Å². The molecule has 2 aromatic carbocycles. The number of piperidine rings is 1. The zero-order valence-electron chi connectivity index (χ0n) is 19.8. The van der Waals surface area contributed by atoms with E-state index in [1.54, 1.807) is 12.1 Å². The SMILES string of the molecule is NC(=O)c1nc[nH]c1C(=O)N(CCN1CCCCC1)c1ccc(NC(=O)c2c(F)cc(F)cc2Cl)cc1. The van der Waals surface area contributed by atoms with Crippen molar-refractivity contribution in [2.75, 3.05) is 36.4 Å². The third kappa shape index (κ3) is 6.12. The predicted octanol–water partition coefficient (Wildman–Crippen LogP) is 3.83. The van der Waals surface area contributed by atoms with Crippen LogP contribution in [0.4, 0.5) is 20.2 Å². The second-order valence-corrected chi connectivity index (χ2v) is 9.00. The summed E-state index contributed by atoms with van der Waals surface area (Å²) in [4.78, 5) is 48.0. The summed E-state index contributed by atoms with van der Waals surface area (Å²) in [5.74, 6) is -4.14. The van der Waals surface area contributed by atoms with Crippen LogP contribution >= 0.6 is 11.6 Å². The summed E-state index contributed by atoms with van der Waals surface area (Å²) in [5, 5.41) is 2.16. The van der Waals surface area contributed by atoms with Gasteiger partial charge in [-0.1, -0.05) is 18.0 Å². The molecular formula is C25H25ClF2N6O3. The number of aromatic nitrogens is 2. The Morgan fingerprint density at radius 1 is 1.11 bits per heavy atom. The molecular weight excluding hydrogens is 506 g/mol. The standard InChI is InChI=1S/C25H25ClF2N6O3/c26-18-12-15(27)13-19(28)20(18)24(36)32-16-4-6-17(7-5-16)34(11-10-33-8-2-1-3-9-33)25(37)22-21(23(29)35)30-14-31-22/h4-7,12-14H,1-3,8-11H2,(H2,29,35)(H,30,31)(H,32,36). The molecule has 1 fully saturated rings. The van der Waals surface area contributed by atoms with E-state index in [1.807, 2.05) is 0 Å². The summed E-state index contributed by atoms with van der Waals surface area (Å²) >= 11 is 5.85. The number of carbonyl (C=O) groups excluding carboxylic acids is 3. The van der Waals surface area contributed by atoms with Gasteiger partial charge in [-0.3, -0.25) is 14.4 Å². The number of likely N-dealkylation sites (tertiary alicyclic amines) is 1. The number of nitrogens with zero attached hydrogens (tertiary/aromatic N) is 3. The minimum Gasteiger partial charge on any atom is -0.364 e. The highest BCUT2D eigenvalue weighted by Gasteiger charge is 2.26. The molecule has 1 saturated heterocycles. The monoisotopic (exact) mass is 530 g/mol. The molecule has 0 spiro atoms. The lowest BCUT2D eigenvalue weighted by atomic mass is 10.1. The van der Waals surface area contributed by atoms with Crippen molar-refractivity contribution in [3.05, 3.63) is 76.3 Å². The number of carbonyl (C=O) groups is 3. The van der Waals surface area contributed by atoms with Crippen molar-refractivity contribution in [1.29, 1.82) is 0 Å². The molecule has 194 valence electrons. The van der Waals surface area contributed by atoms with Crippen molar-refractivity contribution < 1.29 is 23.2 Å². The Bertz CT molecular complexity index is 1290. The summed E-state index contributed by atoms with van der Waals surface area (Å²) in [6.07, 6.45) is 4.59. The quantitative estimate of drug-likeness (QED) is 0.408. The molecule has 0 bridgehead atoms. The third-order valence-corrected chi connectivity index (χ3v) is 6.39. The summed E-state index contributed by atoms with van der Waals surface area (Å²) in [6, 6.07) is 7.70. The minimum atomic E-state index is -1.08. The first kappa shape index (κ1) is 26.2. The molecule has 4 N–H and O–H groups in total. The Morgan fingerprint density at radius 2 is 1.81 bits per heavy atom. The van der Waals surface area contributed by atoms with E-state index in [4.69, 9.17) is 17.3 Å². The molecule has 0 aliphatic carbocycles. The number of benzene rings is 2. The second-order valence-electron chi connectivity index (χ2n) is 8.59. The van der Waals surface area contributed by atoms with Gasteiger partial charge in [-0.05, 0) is 56.3 Å². The van der Waals surface area contributed by atoms with Crippen molar-refractivity contribution in [2.45, 2.75) is 19.3 Å². The first-order valence-electron chi connectivity index (χ1n) is 11.7. The molecule has 4 rings (SSSR count). The largest absolute Gasteiger partial charge is 0.364 e. The second kappa shape index (κ2) is 11.5. The van der Waals surface area contributed by atoms with Crippen molar-refractivity contribution in [2.24, 2.45) is 5.73 Å². The maximum atomic E-state index is 14.1. The van der Waals surface area contributed by atoms with E-state index in [2.05, 4.69) is 20.2 Å².